The maximum absolute atomic E-state index is 11.6. The zero-order valence-electron chi connectivity index (χ0n) is 13.2. The molecule has 0 saturated heterocycles. The number of hydrogen-bond donors (Lipinski definition) is 2. The van der Waals surface area contributed by atoms with Crippen molar-refractivity contribution in [3.63, 3.8) is 0 Å². The summed E-state index contributed by atoms with van der Waals surface area (Å²) in [6.07, 6.45) is 3.51. The Bertz CT molecular complexity index is 694. The number of fused-ring (bicyclic) bond motifs is 1. The Hall–Kier alpha value is -2.33. The Morgan fingerprint density at radius 2 is 1.91 bits per heavy atom. The SMILES string of the molecule is COc1ccc(C(NCc2ccc3c(c2)CCC3)C(=O)O)cc1. The van der Waals surface area contributed by atoms with Crippen LogP contribution in [-0.4, -0.2) is 18.2 Å². The number of ether oxygens (including phenoxy) is 1. The summed E-state index contributed by atoms with van der Waals surface area (Å²) in [7, 11) is 1.59. The lowest BCUT2D eigenvalue weighted by molar-refractivity contribution is -0.139. The van der Waals surface area contributed by atoms with E-state index < -0.39 is 12.0 Å². The van der Waals surface area contributed by atoms with Gasteiger partial charge in [-0.3, -0.25) is 10.1 Å². The quantitative estimate of drug-likeness (QED) is 0.860. The lowest BCUT2D eigenvalue weighted by Gasteiger charge is -2.16. The fraction of sp³-hybridized carbons (Fsp3) is 0.316. The fourth-order valence-electron chi connectivity index (χ4n) is 3.10. The molecule has 1 aliphatic carbocycles. The molecule has 4 nitrogen and oxygen atoms in total. The van der Waals surface area contributed by atoms with Gasteiger partial charge in [0.2, 0.25) is 0 Å². The summed E-state index contributed by atoms with van der Waals surface area (Å²) >= 11 is 0. The number of benzene rings is 2. The minimum Gasteiger partial charge on any atom is -0.497 e. The van der Waals surface area contributed by atoms with Crippen LogP contribution in [0.4, 0.5) is 0 Å². The van der Waals surface area contributed by atoms with Gasteiger partial charge in [-0.1, -0.05) is 30.3 Å². The van der Waals surface area contributed by atoms with Gasteiger partial charge in [0.25, 0.3) is 0 Å². The smallest absolute Gasteiger partial charge is 0.325 e. The van der Waals surface area contributed by atoms with Crippen molar-refractivity contribution >= 4 is 5.97 Å². The highest BCUT2D eigenvalue weighted by atomic mass is 16.5. The molecule has 0 fully saturated rings. The van der Waals surface area contributed by atoms with Crippen LogP contribution in [-0.2, 0) is 24.2 Å². The lowest BCUT2D eigenvalue weighted by Crippen LogP contribution is -2.28. The number of carboxylic acid groups (broad SMARTS) is 1. The average molecular weight is 311 g/mol. The molecule has 0 spiro atoms. The molecule has 1 unspecified atom stereocenters. The molecule has 1 aliphatic rings. The summed E-state index contributed by atoms with van der Waals surface area (Å²) in [5.74, 6) is -0.159. The number of methoxy groups -OCH3 is 1. The lowest BCUT2D eigenvalue weighted by atomic mass is 10.0. The van der Waals surface area contributed by atoms with Gasteiger partial charge in [-0.05, 0) is 53.6 Å². The van der Waals surface area contributed by atoms with Crippen LogP contribution in [0.5, 0.6) is 5.75 Å². The molecule has 3 rings (SSSR count). The molecule has 0 aliphatic heterocycles. The Morgan fingerprint density at radius 1 is 1.17 bits per heavy atom. The second-order valence-electron chi connectivity index (χ2n) is 5.88. The summed E-state index contributed by atoms with van der Waals surface area (Å²) in [6, 6.07) is 12.9. The van der Waals surface area contributed by atoms with Crippen LogP contribution in [0.3, 0.4) is 0 Å². The largest absolute Gasteiger partial charge is 0.497 e. The predicted molar refractivity (Wildman–Crippen MR) is 88.7 cm³/mol. The van der Waals surface area contributed by atoms with Gasteiger partial charge in [0, 0.05) is 6.54 Å². The Kier molecular flexibility index (Phi) is 4.63. The third-order valence-electron chi connectivity index (χ3n) is 4.37. The topological polar surface area (TPSA) is 58.6 Å². The first-order chi connectivity index (χ1) is 11.2. The highest BCUT2D eigenvalue weighted by Gasteiger charge is 2.19. The van der Waals surface area contributed by atoms with Crippen LogP contribution in [0.1, 0.15) is 34.7 Å². The summed E-state index contributed by atoms with van der Waals surface area (Å²) in [6.45, 7) is 0.538. The number of carboxylic acids is 1. The predicted octanol–water partition coefficient (Wildman–Crippen LogP) is 3.10. The third-order valence-corrected chi connectivity index (χ3v) is 4.37. The molecule has 23 heavy (non-hydrogen) atoms. The average Bonchev–Trinajstić information content (AvgIpc) is 3.03. The van der Waals surface area contributed by atoms with Gasteiger partial charge < -0.3 is 9.84 Å². The third kappa shape index (κ3) is 3.54. The second-order valence-corrected chi connectivity index (χ2v) is 5.88. The van der Waals surface area contributed by atoms with E-state index in [0.717, 1.165) is 29.7 Å². The van der Waals surface area contributed by atoms with Crippen LogP contribution in [0.2, 0.25) is 0 Å². The van der Waals surface area contributed by atoms with Crippen molar-refractivity contribution in [1.29, 1.82) is 0 Å². The number of rotatable bonds is 6. The van der Waals surface area contributed by atoms with Crippen LogP contribution in [0.25, 0.3) is 0 Å². The number of hydrogen-bond acceptors (Lipinski definition) is 3. The van der Waals surface area contributed by atoms with Gasteiger partial charge in [-0.2, -0.15) is 0 Å². The highest BCUT2D eigenvalue weighted by Crippen LogP contribution is 2.23. The first kappa shape index (κ1) is 15.6. The molecule has 0 amide bonds. The summed E-state index contributed by atoms with van der Waals surface area (Å²) in [4.78, 5) is 11.6. The monoisotopic (exact) mass is 311 g/mol. The van der Waals surface area contributed by atoms with E-state index in [2.05, 4.69) is 23.5 Å². The van der Waals surface area contributed by atoms with Gasteiger partial charge in [0.1, 0.15) is 11.8 Å². The van der Waals surface area contributed by atoms with Crippen molar-refractivity contribution in [2.75, 3.05) is 7.11 Å². The van der Waals surface area contributed by atoms with Crippen LogP contribution in [0.15, 0.2) is 42.5 Å². The number of nitrogens with one attached hydrogen (secondary N) is 1. The molecule has 0 saturated carbocycles. The van der Waals surface area contributed by atoms with Crippen molar-refractivity contribution in [3.05, 3.63) is 64.7 Å². The highest BCUT2D eigenvalue weighted by molar-refractivity contribution is 5.75. The fourth-order valence-corrected chi connectivity index (χ4v) is 3.10. The number of aryl methyl sites for hydroxylation is 2. The first-order valence-corrected chi connectivity index (χ1v) is 7.88. The molecule has 2 N–H and O–H groups in total. The summed E-state index contributed by atoms with van der Waals surface area (Å²) < 4.78 is 5.11. The number of aliphatic carboxylic acids is 1. The van der Waals surface area contributed by atoms with Crippen LogP contribution < -0.4 is 10.1 Å². The van der Waals surface area contributed by atoms with E-state index in [-0.39, 0.29) is 0 Å². The van der Waals surface area contributed by atoms with E-state index in [4.69, 9.17) is 4.74 Å². The molecule has 0 bridgehead atoms. The van der Waals surface area contributed by atoms with Crippen LogP contribution >= 0.6 is 0 Å². The van der Waals surface area contributed by atoms with Gasteiger partial charge in [-0.25, -0.2) is 0 Å². The normalized spacial score (nSPS) is 14.3. The Labute approximate surface area is 136 Å². The second kappa shape index (κ2) is 6.84. The van der Waals surface area contributed by atoms with Gasteiger partial charge in [-0.15, -0.1) is 0 Å². The van der Waals surface area contributed by atoms with E-state index in [0.29, 0.717) is 6.54 Å². The van der Waals surface area contributed by atoms with Gasteiger partial charge in [0.15, 0.2) is 0 Å². The summed E-state index contributed by atoms with van der Waals surface area (Å²) in [5, 5.41) is 12.6. The zero-order chi connectivity index (χ0) is 16.2. The minimum atomic E-state index is -0.878. The van der Waals surface area contributed by atoms with E-state index in [1.807, 2.05) is 0 Å². The van der Waals surface area contributed by atoms with Crippen molar-refractivity contribution in [1.82, 2.24) is 5.32 Å². The first-order valence-electron chi connectivity index (χ1n) is 7.88. The van der Waals surface area contributed by atoms with E-state index >= 15 is 0 Å². The van der Waals surface area contributed by atoms with E-state index in [1.165, 1.54) is 17.5 Å². The molecule has 2 aromatic rings. The van der Waals surface area contributed by atoms with E-state index in [1.54, 1.807) is 31.4 Å². The van der Waals surface area contributed by atoms with Crippen molar-refractivity contribution in [2.45, 2.75) is 31.8 Å². The van der Waals surface area contributed by atoms with Crippen molar-refractivity contribution < 1.29 is 14.6 Å². The van der Waals surface area contributed by atoms with E-state index in [9.17, 15) is 9.90 Å². The molecule has 2 aromatic carbocycles. The number of carbonyl (C=O) groups is 1. The molecular formula is C19H21NO3. The molecule has 120 valence electrons. The van der Waals surface area contributed by atoms with Crippen molar-refractivity contribution in [2.24, 2.45) is 0 Å². The molecule has 4 heteroatoms. The molecule has 1 atom stereocenters. The minimum absolute atomic E-state index is 0.538. The van der Waals surface area contributed by atoms with Crippen molar-refractivity contribution in [3.8, 4) is 5.75 Å². The zero-order valence-corrected chi connectivity index (χ0v) is 13.2. The molecule has 0 heterocycles. The summed E-state index contributed by atoms with van der Waals surface area (Å²) in [5.41, 5.74) is 4.68. The molecule has 0 aromatic heterocycles. The Balaban J connectivity index is 1.71. The van der Waals surface area contributed by atoms with Crippen LogP contribution in [0, 0.1) is 0 Å². The van der Waals surface area contributed by atoms with Gasteiger partial charge >= 0.3 is 5.97 Å². The molecular weight excluding hydrogens is 290 g/mol. The Morgan fingerprint density at radius 3 is 2.61 bits per heavy atom. The maximum Gasteiger partial charge on any atom is 0.325 e. The molecule has 0 radical (unpaired) electrons. The van der Waals surface area contributed by atoms with Gasteiger partial charge in [0.05, 0.1) is 7.11 Å². The standard InChI is InChI=1S/C19H21NO3/c1-23-17-9-7-15(8-10-17)18(19(21)22)20-12-13-5-6-14-3-2-4-16(14)11-13/h5-11,18,20H,2-4,12H2,1H3,(H,21,22). The maximum atomic E-state index is 11.6.